The molecule has 3 rings (SSSR count). The number of alkyl halides is 3. The van der Waals surface area contributed by atoms with Gasteiger partial charge in [0.15, 0.2) is 5.78 Å². The summed E-state index contributed by atoms with van der Waals surface area (Å²) < 4.78 is 52.8. The van der Waals surface area contributed by atoms with Gasteiger partial charge in [-0.2, -0.15) is 13.2 Å². The normalized spacial score (nSPS) is 10.4. The molecule has 1 aromatic heterocycles. The maximum absolute atomic E-state index is 13.7. The summed E-state index contributed by atoms with van der Waals surface area (Å²) in [6, 6.07) is 10.7. The fraction of sp³-hybridized carbons (Fsp3) is 0.267. The highest BCUT2D eigenvalue weighted by Crippen LogP contribution is 2.31. The lowest BCUT2D eigenvalue weighted by Crippen LogP contribution is -2.29. The molecule has 2 amide bonds. The highest BCUT2D eigenvalue weighted by atomic mass is 35.5. The van der Waals surface area contributed by atoms with Gasteiger partial charge < -0.3 is 11.1 Å². The number of ketones is 1. The van der Waals surface area contributed by atoms with E-state index in [-0.39, 0.29) is 38.5 Å². The molecule has 0 bridgehead atoms. The van der Waals surface area contributed by atoms with E-state index in [1.807, 2.05) is 38.1 Å². The highest BCUT2D eigenvalue weighted by molar-refractivity contribution is 6.31. The Morgan fingerprint density at radius 3 is 2.15 bits per heavy atom. The van der Waals surface area contributed by atoms with Crippen molar-refractivity contribution in [1.82, 2.24) is 10.3 Å². The third-order valence-electron chi connectivity index (χ3n) is 5.47. The number of amides is 2. The van der Waals surface area contributed by atoms with E-state index in [4.69, 9.17) is 17.3 Å². The van der Waals surface area contributed by atoms with E-state index in [0.29, 0.717) is 0 Å². The minimum atomic E-state index is -4.77. The molecule has 1 heterocycles. The fourth-order valence-corrected chi connectivity index (χ4v) is 3.53. The Morgan fingerprint density at radius 2 is 1.66 bits per heavy atom. The first-order valence-corrected chi connectivity index (χ1v) is 12.9. The molecule has 41 heavy (non-hydrogen) atoms. The number of primary amides is 1. The number of aryl methyl sites for hydroxylation is 1. The number of nitrogens with zero attached hydrogens (tertiary/aromatic N) is 1. The quantitative estimate of drug-likeness (QED) is 0.173. The summed E-state index contributed by atoms with van der Waals surface area (Å²) in [5.41, 5.74) is 4.83. The molecule has 0 aliphatic heterocycles. The van der Waals surface area contributed by atoms with Crippen molar-refractivity contribution in [3.05, 3.63) is 99.1 Å². The number of carbonyl (C=O) groups is 3. The van der Waals surface area contributed by atoms with Crippen molar-refractivity contribution in [2.24, 2.45) is 5.73 Å². The van der Waals surface area contributed by atoms with Gasteiger partial charge >= 0.3 is 6.18 Å². The van der Waals surface area contributed by atoms with Crippen LogP contribution in [0.3, 0.4) is 0 Å². The molecule has 3 aromatic rings. The van der Waals surface area contributed by atoms with Crippen molar-refractivity contribution in [3.63, 3.8) is 0 Å². The molecule has 11 heteroatoms. The molecule has 0 aliphatic rings. The number of nitrogens with two attached hydrogens (primary N) is 1. The molecule has 0 aliphatic carbocycles. The Hall–Kier alpha value is -4.05. The average molecular weight is 594 g/mol. The second kappa shape index (κ2) is 15.1. The van der Waals surface area contributed by atoms with Crippen molar-refractivity contribution < 1.29 is 31.9 Å². The van der Waals surface area contributed by atoms with Crippen molar-refractivity contribution in [1.29, 1.82) is 0 Å². The summed E-state index contributed by atoms with van der Waals surface area (Å²) in [5, 5.41) is 1.83. The van der Waals surface area contributed by atoms with Crippen molar-refractivity contribution in [2.75, 3.05) is 0 Å². The lowest BCUT2D eigenvalue weighted by atomic mass is 10.0. The van der Waals surface area contributed by atoms with Crippen LogP contribution in [0.4, 0.5) is 17.6 Å². The number of Topliss-reactive ketones (excluding diaryl/α,β-unsaturated/α-hetero) is 1. The Labute approximate surface area is 241 Å². The van der Waals surface area contributed by atoms with Gasteiger partial charge in [0.05, 0.1) is 27.4 Å². The van der Waals surface area contributed by atoms with E-state index < -0.39 is 35.1 Å². The van der Waals surface area contributed by atoms with Crippen LogP contribution in [-0.2, 0) is 6.42 Å². The summed E-state index contributed by atoms with van der Waals surface area (Å²) in [4.78, 5) is 38.9. The number of halogens is 5. The van der Waals surface area contributed by atoms with E-state index in [9.17, 15) is 31.9 Å². The van der Waals surface area contributed by atoms with E-state index >= 15 is 0 Å². The van der Waals surface area contributed by atoms with Crippen LogP contribution < -0.4 is 11.1 Å². The Kier molecular flexibility index (Phi) is 12.9. The predicted octanol–water partition coefficient (Wildman–Crippen LogP) is 7.75. The largest absolute Gasteiger partial charge is 0.417 e. The standard InChI is InChI=1S/C18H14ClF4N3O2.C10H12O.C2H6/c1-7(2)15(8(3)18(21,22)23)26-17(28)10-5-14(16(24)27)25-13-6-12(20)11(19)4-9(10)13;1-3-9-5-4-6-10(7-9)8(2)11;1-2/h4-6H,3H2,1-2H3,(H2,24,27)(H,26,28);4-7H,3H2,1-2H3;1-2H3. The number of carbonyl (C=O) groups excluding carboxylic acids is 3. The molecule has 2 aromatic carbocycles. The van der Waals surface area contributed by atoms with Crippen LogP contribution >= 0.6 is 11.6 Å². The zero-order valence-corrected chi connectivity index (χ0v) is 24.4. The first-order chi connectivity index (χ1) is 19.1. The molecule has 0 spiro atoms. The van der Waals surface area contributed by atoms with Crippen molar-refractivity contribution in [3.8, 4) is 0 Å². The van der Waals surface area contributed by atoms with Crippen molar-refractivity contribution >= 4 is 40.1 Å². The maximum Gasteiger partial charge on any atom is 0.417 e. The molecule has 3 N–H and O–H groups in total. The van der Waals surface area contributed by atoms with Gasteiger partial charge in [0.2, 0.25) is 0 Å². The lowest BCUT2D eigenvalue weighted by Gasteiger charge is -2.18. The molecular formula is C30H32ClF4N3O3. The van der Waals surface area contributed by atoms with Crippen LogP contribution in [-0.4, -0.2) is 28.8 Å². The van der Waals surface area contributed by atoms with E-state index in [0.717, 1.165) is 30.2 Å². The predicted molar refractivity (Wildman–Crippen MR) is 153 cm³/mol. The van der Waals surface area contributed by atoms with Gasteiger partial charge in [0, 0.05) is 17.0 Å². The topological polar surface area (TPSA) is 102 Å². The number of nitrogens with one attached hydrogen (secondary N) is 1. The first kappa shape index (κ1) is 35.0. The Bertz CT molecular complexity index is 1490. The van der Waals surface area contributed by atoms with Crippen LogP contribution in [0.5, 0.6) is 0 Å². The first-order valence-electron chi connectivity index (χ1n) is 12.5. The van der Waals surface area contributed by atoms with Crippen LogP contribution in [0.15, 0.2) is 65.9 Å². The molecular weight excluding hydrogens is 562 g/mol. The summed E-state index contributed by atoms with van der Waals surface area (Å²) in [6.07, 6.45) is -3.79. The zero-order valence-electron chi connectivity index (χ0n) is 23.6. The van der Waals surface area contributed by atoms with Gasteiger partial charge in [-0.3, -0.25) is 14.4 Å². The molecule has 0 fully saturated rings. The summed E-state index contributed by atoms with van der Waals surface area (Å²) >= 11 is 5.73. The summed E-state index contributed by atoms with van der Waals surface area (Å²) in [6.45, 7) is 13.4. The zero-order chi connectivity index (χ0) is 31.7. The van der Waals surface area contributed by atoms with Gasteiger partial charge in [-0.25, -0.2) is 9.37 Å². The number of pyridine rings is 1. The molecule has 6 nitrogen and oxygen atoms in total. The smallest absolute Gasteiger partial charge is 0.364 e. The minimum Gasteiger partial charge on any atom is -0.364 e. The fourth-order valence-electron chi connectivity index (χ4n) is 3.37. The molecule has 0 unspecified atom stereocenters. The van der Waals surface area contributed by atoms with Gasteiger partial charge in [-0.15, -0.1) is 0 Å². The van der Waals surface area contributed by atoms with Crippen LogP contribution in [0.2, 0.25) is 5.02 Å². The second-order valence-corrected chi connectivity index (χ2v) is 9.03. The van der Waals surface area contributed by atoms with Gasteiger partial charge in [0.1, 0.15) is 11.5 Å². The third-order valence-corrected chi connectivity index (χ3v) is 5.76. The van der Waals surface area contributed by atoms with Crippen LogP contribution in [0.25, 0.3) is 10.9 Å². The molecule has 0 saturated heterocycles. The Morgan fingerprint density at radius 1 is 1.05 bits per heavy atom. The molecule has 0 atom stereocenters. The highest BCUT2D eigenvalue weighted by Gasteiger charge is 2.35. The third kappa shape index (κ3) is 9.53. The van der Waals surface area contributed by atoms with E-state index in [1.54, 1.807) is 6.92 Å². The minimum absolute atomic E-state index is 0.0274. The number of fused-ring (bicyclic) bond motifs is 1. The number of allylic oxidation sites excluding steroid dienone is 2. The van der Waals surface area contributed by atoms with E-state index in [2.05, 4.69) is 23.8 Å². The van der Waals surface area contributed by atoms with Gasteiger partial charge in [-0.05, 0) is 51.0 Å². The van der Waals surface area contributed by atoms with Gasteiger partial charge in [-0.1, -0.05) is 62.7 Å². The Balaban J connectivity index is 0.000000538. The SMILES string of the molecule is C=C(C(NC(=O)c1cc(C(N)=O)nc2cc(F)c(Cl)cc12)=C(C)C)C(F)(F)F.CC.CCc1cccc(C(C)=O)c1. The van der Waals surface area contributed by atoms with Crippen LogP contribution in [0.1, 0.15) is 78.3 Å². The number of rotatable bonds is 6. The lowest BCUT2D eigenvalue weighted by molar-refractivity contribution is -0.0894. The average Bonchev–Trinajstić information content (AvgIpc) is 2.92. The number of hydrogen-bond acceptors (Lipinski definition) is 4. The van der Waals surface area contributed by atoms with Crippen LogP contribution in [0, 0.1) is 5.82 Å². The molecule has 0 radical (unpaired) electrons. The molecule has 0 saturated carbocycles. The number of hydrogen-bond donors (Lipinski definition) is 2. The summed E-state index contributed by atoms with van der Waals surface area (Å²) in [5.74, 6) is -2.72. The van der Waals surface area contributed by atoms with Gasteiger partial charge in [0.25, 0.3) is 11.8 Å². The van der Waals surface area contributed by atoms with E-state index in [1.165, 1.54) is 19.4 Å². The summed E-state index contributed by atoms with van der Waals surface area (Å²) in [7, 11) is 0. The maximum atomic E-state index is 13.7. The monoisotopic (exact) mass is 593 g/mol. The second-order valence-electron chi connectivity index (χ2n) is 8.62. The van der Waals surface area contributed by atoms with Crippen molar-refractivity contribution in [2.45, 2.75) is 54.1 Å². The molecule has 220 valence electrons. The number of benzene rings is 2. The number of aromatic nitrogens is 1.